The summed E-state index contributed by atoms with van der Waals surface area (Å²) < 4.78 is 31.7. The molecule has 0 fully saturated rings. The molecule has 2 rings (SSSR count). The fourth-order valence-electron chi connectivity index (χ4n) is 1.31. The van der Waals surface area contributed by atoms with E-state index in [4.69, 9.17) is 9.84 Å². The predicted molar refractivity (Wildman–Crippen MR) is 56.6 cm³/mol. The zero-order valence-corrected chi connectivity index (χ0v) is 8.73. The summed E-state index contributed by atoms with van der Waals surface area (Å²) in [5.74, 6) is -2.18. The van der Waals surface area contributed by atoms with Gasteiger partial charge in [0.25, 0.3) is 0 Å². The minimum absolute atomic E-state index is 0.0148. The Morgan fingerprint density at radius 2 is 1.82 bits per heavy atom. The molecule has 0 saturated carbocycles. The average molecular weight is 237 g/mol. The Morgan fingerprint density at radius 3 is 2.47 bits per heavy atom. The van der Waals surface area contributed by atoms with Gasteiger partial charge in [0.15, 0.2) is 11.6 Å². The summed E-state index contributed by atoms with van der Waals surface area (Å²) in [6.45, 7) is -0.320. The van der Waals surface area contributed by atoms with E-state index in [1.54, 1.807) is 12.1 Å². The Labute approximate surface area is 96.3 Å². The highest BCUT2D eigenvalue weighted by Gasteiger charge is 2.13. The lowest BCUT2D eigenvalue weighted by Gasteiger charge is -2.09. The van der Waals surface area contributed by atoms with Crippen LogP contribution in [0.15, 0.2) is 36.5 Å². The minimum Gasteiger partial charge on any atom is -0.432 e. The number of hydrogen-bond acceptors (Lipinski definition) is 3. The molecular weight excluding hydrogens is 228 g/mol. The van der Waals surface area contributed by atoms with Gasteiger partial charge in [-0.15, -0.1) is 0 Å². The van der Waals surface area contributed by atoms with E-state index < -0.39 is 17.4 Å². The highest BCUT2D eigenvalue weighted by Crippen LogP contribution is 2.27. The highest BCUT2D eigenvalue weighted by atomic mass is 19.1. The lowest BCUT2D eigenvalue weighted by atomic mass is 10.3. The molecule has 0 aliphatic heterocycles. The van der Waals surface area contributed by atoms with E-state index >= 15 is 0 Å². The van der Waals surface area contributed by atoms with Crippen LogP contribution in [-0.2, 0) is 6.61 Å². The molecule has 0 unspecified atom stereocenters. The second-order valence-electron chi connectivity index (χ2n) is 3.28. The zero-order chi connectivity index (χ0) is 12.3. The maximum atomic E-state index is 13.3. The fraction of sp³-hybridized carbons (Fsp3) is 0.0833. The van der Waals surface area contributed by atoms with Crippen LogP contribution in [0.2, 0.25) is 0 Å². The van der Waals surface area contributed by atoms with Crippen molar-refractivity contribution >= 4 is 0 Å². The Bertz CT molecular complexity index is 511. The Balaban J connectivity index is 2.38. The van der Waals surface area contributed by atoms with E-state index in [1.165, 1.54) is 12.3 Å². The molecule has 1 aromatic heterocycles. The first-order chi connectivity index (χ1) is 8.22. The van der Waals surface area contributed by atoms with Gasteiger partial charge in [-0.3, -0.25) is 0 Å². The Hall–Kier alpha value is -2.01. The van der Waals surface area contributed by atoms with E-state index in [0.29, 0.717) is 5.56 Å². The standard InChI is InChI=1S/C12H9F2NO2/c13-9-4-1-5-10(14)11(9)17-12-8(7-16)3-2-6-15-12/h1-6,16H,7H2. The van der Waals surface area contributed by atoms with E-state index in [0.717, 1.165) is 12.1 Å². The van der Waals surface area contributed by atoms with Crippen molar-refractivity contribution in [1.82, 2.24) is 4.98 Å². The number of hydrogen-bond donors (Lipinski definition) is 1. The molecular formula is C12H9F2NO2. The van der Waals surface area contributed by atoms with Crippen LogP contribution in [0, 0.1) is 11.6 Å². The fourth-order valence-corrected chi connectivity index (χ4v) is 1.31. The second kappa shape index (κ2) is 4.88. The average Bonchev–Trinajstić information content (AvgIpc) is 2.34. The monoisotopic (exact) mass is 237 g/mol. The zero-order valence-electron chi connectivity index (χ0n) is 8.73. The predicted octanol–water partition coefficient (Wildman–Crippen LogP) is 2.64. The van der Waals surface area contributed by atoms with Crippen molar-refractivity contribution in [3.8, 4) is 11.6 Å². The number of para-hydroxylation sites is 1. The summed E-state index contributed by atoms with van der Waals surface area (Å²) in [4.78, 5) is 3.81. The summed E-state index contributed by atoms with van der Waals surface area (Å²) in [5, 5.41) is 9.03. The van der Waals surface area contributed by atoms with Gasteiger partial charge in [-0.05, 0) is 24.3 Å². The second-order valence-corrected chi connectivity index (χ2v) is 3.28. The van der Waals surface area contributed by atoms with Gasteiger partial charge >= 0.3 is 0 Å². The third-order valence-electron chi connectivity index (χ3n) is 2.14. The first-order valence-corrected chi connectivity index (χ1v) is 4.89. The molecule has 1 aromatic carbocycles. The number of aromatic nitrogens is 1. The number of rotatable bonds is 3. The number of aliphatic hydroxyl groups excluding tert-OH is 1. The van der Waals surface area contributed by atoms with Crippen LogP contribution in [0.4, 0.5) is 8.78 Å². The third-order valence-corrected chi connectivity index (χ3v) is 2.14. The maximum Gasteiger partial charge on any atom is 0.225 e. The summed E-state index contributed by atoms with van der Waals surface area (Å²) in [5.41, 5.74) is 0.357. The lowest BCUT2D eigenvalue weighted by molar-refractivity contribution is 0.273. The van der Waals surface area contributed by atoms with E-state index in [1.807, 2.05) is 0 Å². The molecule has 2 aromatic rings. The van der Waals surface area contributed by atoms with Gasteiger partial charge in [-0.2, -0.15) is 0 Å². The van der Waals surface area contributed by atoms with Crippen molar-refractivity contribution in [3.63, 3.8) is 0 Å². The van der Waals surface area contributed by atoms with Crippen LogP contribution in [0.5, 0.6) is 11.6 Å². The molecule has 17 heavy (non-hydrogen) atoms. The van der Waals surface area contributed by atoms with Gasteiger partial charge in [0.1, 0.15) is 0 Å². The van der Waals surface area contributed by atoms with Crippen molar-refractivity contribution < 1.29 is 18.6 Å². The molecule has 3 nitrogen and oxygen atoms in total. The molecule has 0 spiro atoms. The smallest absolute Gasteiger partial charge is 0.225 e. The normalized spacial score (nSPS) is 10.3. The van der Waals surface area contributed by atoms with Gasteiger partial charge in [-0.1, -0.05) is 6.07 Å². The number of benzene rings is 1. The van der Waals surface area contributed by atoms with Crippen LogP contribution in [0.1, 0.15) is 5.56 Å². The first-order valence-electron chi connectivity index (χ1n) is 4.89. The van der Waals surface area contributed by atoms with Crippen LogP contribution in [0.25, 0.3) is 0 Å². The number of pyridine rings is 1. The number of ether oxygens (including phenoxy) is 1. The molecule has 0 bridgehead atoms. The molecule has 0 aliphatic carbocycles. The van der Waals surface area contributed by atoms with Crippen LogP contribution < -0.4 is 4.74 Å². The van der Waals surface area contributed by atoms with Gasteiger partial charge < -0.3 is 9.84 Å². The Morgan fingerprint density at radius 1 is 1.12 bits per heavy atom. The van der Waals surface area contributed by atoms with E-state index in [-0.39, 0.29) is 12.5 Å². The van der Waals surface area contributed by atoms with Gasteiger partial charge in [0.05, 0.1) is 6.61 Å². The molecule has 0 atom stereocenters. The number of aliphatic hydroxyl groups is 1. The molecule has 88 valence electrons. The molecule has 0 amide bonds. The topological polar surface area (TPSA) is 42.4 Å². The highest BCUT2D eigenvalue weighted by molar-refractivity contribution is 5.33. The van der Waals surface area contributed by atoms with Crippen LogP contribution in [0.3, 0.4) is 0 Å². The van der Waals surface area contributed by atoms with Crippen molar-refractivity contribution in [1.29, 1.82) is 0 Å². The van der Waals surface area contributed by atoms with Crippen LogP contribution >= 0.6 is 0 Å². The van der Waals surface area contributed by atoms with Crippen LogP contribution in [-0.4, -0.2) is 10.1 Å². The Kier molecular flexibility index (Phi) is 3.30. The molecule has 1 heterocycles. The minimum atomic E-state index is -0.820. The van der Waals surface area contributed by atoms with Gasteiger partial charge in [0, 0.05) is 11.8 Å². The summed E-state index contributed by atoms with van der Waals surface area (Å²) in [6.07, 6.45) is 1.41. The summed E-state index contributed by atoms with van der Waals surface area (Å²) in [6, 6.07) is 6.56. The SMILES string of the molecule is OCc1cccnc1Oc1c(F)cccc1F. The molecule has 0 saturated heterocycles. The first kappa shape index (κ1) is 11.5. The quantitative estimate of drug-likeness (QED) is 0.892. The summed E-state index contributed by atoms with van der Waals surface area (Å²) in [7, 11) is 0. The lowest BCUT2D eigenvalue weighted by Crippen LogP contribution is -1.97. The molecule has 0 aliphatic rings. The van der Waals surface area contributed by atoms with Gasteiger partial charge in [-0.25, -0.2) is 13.8 Å². The molecule has 1 N–H and O–H groups in total. The van der Waals surface area contributed by atoms with Crippen molar-refractivity contribution in [2.75, 3.05) is 0 Å². The van der Waals surface area contributed by atoms with E-state index in [9.17, 15) is 8.78 Å². The van der Waals surface area contributed by atoms with Crippen molar-refractivity contribution in [2.45, 2.75) is 6.61 Å². The third kappa shape index (κ3) is 2.39. The van der Waals surface area contributed by atoms with Crippen molar-refractivity contribution in [2.24, 2.45) is 0 Å². The van der Waals surface area contributed by atoms with Gasteiger partial charge in [0.2, 0.25) is 11.6 Å². The summed E-state index contributed by atoms with van der Waals surface area (Å²) >= 11 is 0. The van der Waals surface area contributed by atoms with E-state index in [2.05, 4.69) is 4.98 Å². The maximum absolute atomic E-state index is 13.3. The van der Waals surface area contributed by atoms with Crippen molar-refractivity contribution in [3.05, 3.63) is 53.7 Å². The molecule has 0 radical (unpaired) electrons. The number of nitrogens with zero attached hydrogens (tertiary/aromatic N) is 1. The largest absolute Gasteiger partial charge is 0.432 e. The molecule has 5 heteroatoms. The number of halogens is 2.